The molecule has 1 atom stereocenters. The number of halogens is 1. The smallest absolute Gasteiger partial charge is 0.256 e. The molecule has 0 radical (unpaired) electrons. The highest BCUT2D eigenvalue weighted by molar-refractivity contribution is 6.11. The van der Waals surface area contributed by atoms with E-state index in [2.05, 4.69) is 32.0 Å². The van der Waals surface area contributed by atoms with E-state index in [1.807, 2.05) is 30.3 Å². The van der Waals surface area contributed by atoms with Gasteiger partial charge in [-0.15, -0.1) is 0 Å². The average Bonchev–Trinajstić information content (AvgIpc) is 2.95. The second-order valence-electron chi connectivity index (χ2n) is 9.42. The Labute approximate surface area is 225 Å². The van der Waals surface area contributed by atoms with Crippen LogP contribution in [0.25, 0.3) is 11.3 Å². The largest absolute Gasteiger partial charge is 0.368 e. The van der Waals surface area contributed by atoms with Crippen LogP contribution in [0.2, 0.25) is 0 Å². The molecule has 1 amide bonds. The van der Waals surface area contributed by atoms with Gasteiger partial charge in [-0.2, -0.15) is 0 Å². The summed E-state index contributed by atoms with van der Waals surface area (Å²) < 4.78 is 15.8. The lowest BCUT2D eigenvalue weighted by molar-refractivity contribution is 0.0977. The number of rotatable bonds is 5. The minimum Gasteiger partial charge on any atom is -0.368 e. The van der Waals surface area contributed by atoms with Gasteiger partial charge in [0, 0.05) is 67.4 Å². The van der Waals surface area contributed by atoms with Crippen molar-refractivity contribution in [2.75, 3.05) is 29.4 Å². The van der Waals surface area contributed by atoms with Gasteiger partial charge in [0.25, 0.3) is 11.5 Å². The Balaban J connectivity index is 1.28. The van der Waals surface area contributed by atoms with Gasteiger partial charge in [0.1, 0.15) is 5.84 Å². The van der Waals surface area contributed by atoms with E-state index in [9.17, 15) is 14.0 Å². The molecule has 1 aliphatic rings. The van der Waals surface area contributed by atoms with E-state index in [-0.39, 0.29) is 34.6 Å². The van der Waals surface area contributed by atoms with Gasteiger partial charge in [-0.3, -0.25) is 24.5 Å². The Morgan fingerprint density at radius 1 is 1.05 bits per heavy atom. The number of carbonyl (C=O) groups is 1. The fourth-order valence-corrected chi connectivity index (χ4v) is 4.68. The summed E-state index contributed by atoms with van der Waals surface area (Å²) in [4.78, 5) is 37.8. The van der Waals surface area contributed by atoms with Gasteiger partial charge >= 0.3 is 0 Å². The van der Waals surface area contributed by atoms with Crippen molar-refractivity contribution >= 4 is 23.4 Å². The molecular weight excluding hydrogens is 497 g/mol. The van der Waals surface area contributed by atoms with Crippen molar-refractivity contribution in [3.05, 3.63) is 106 Å². The molecule has 10 heteroatoms. The van der Waals surface area contributed by atoms with Crippen LogP contribution in [0, 0.1) is 11.2 Å². The zero-order valence-electron chi connectivity index (χ0n) is 21.6. The van der Waals surface area contributed by atoms with E-state index >= 15 is 0 Å². The number of amidine groups is 1. The quantitative estimate of drug-likeness (QED) is 0.305. The molecular formula is C29H28FN7O2. The van der Waals surface area contributed by atoms with Crippen LogP contribution in [-0.4, -0.2) is 52.0 Å². The molecule has 0 bridgehead atoms. The van der Waals surface area contributed by atoms with E-state index in [0.717, 1.165) is 11.9 Å². The first-order chi connectivity index (χ1) is 18.8. The number of carbonyl (C=O) groups excluding carboxylic acids is 1. The number of pyridine rings is 1. The maximum Gasteiger partial charge on any atom is 0.256 e. The number of hydrogen-bond acceptors (Lipinski definition) is 7. The zero-order valence-corrected chi connectivity index (χ0v) is 21.6. The van der Waals surface area contributed by atoms with Crippen molar-refractivity contribution in [1.29, 1.82) is 5.41 Å². The van der Waals surface area contributed by atoms with Gasteiger partial charge in [0.2, 0.25) is 5.95 Å². The Bertz CT molecular complexity index is 1570. The highest BCUT2D eigenvalue weighted by atomic mass is 19.1. The first-order valence-corrected chi connectivity index (χ1v) is 12.6. The van der Waals surface area contributed by atoms with Crippen molar-refractivity contribution < 1.29 is 9.18 Å². The van der Waals surface area contributed by atoms with Crippen LogP contribution in [0.1, 0.15) is 22.8 Å². The lowest BCUT2D eigenvalue weighted by Gasteiger charge is -2.42. The molecule has 0 saturated carbocycles. The summed E-state index contributed by atoms with van der Waals surface area (Å²) in [5.74, 6) is -0.337. The molecule has 198 valence electrons. The van der Waals surface area contributed by atoms with Crippen LogP contribution in [0.15, 0.2) is 83.9 Å². The van der Waals surface area contributed by atoms with Crippen LogP contribution in [0.5, 0.6) is 0 Å². The molecule has 9 nitrogen and oxygen atoms in total. The first kappa shape index (κ1) is 25.8. The van der Waals surface area contributed by atoms with Gasteiger partial charge in [0.05, 0.1) is 11.9 Å². The summed E-state index contributed by atoms with van der Waals surface area (Å²) in [5, 5.41) is 10.9. The minimum absolute atomic E-state index is 0.0116. The number of benzene rings is 2. The predicted molar refractivity (Wildman–Crippen MR) is 149 cm³/mol. The summed E-state index contributed by atoms with van der Waals surface area (Å²) in [6, 6.07) is 19.2. The Morgan fingerprint density at radius 3 is 2.49 bits per heavy atom. The monoisotopic (exact) mass is 525 g/mol. The SMILES string of the molecule is C[C@@H]1CN(c2ccc(C(=N)NC(=O)c3ccccc3)cc2)CCN1c1nc(-c2ccncc2F)cc(=O)n1C. The summed E-state index contributed by atoms with van der Waals surface area (Å²) in [6.07, 6.45) is 2.59. The zero-order chi connectivity index (χ0) is 27.5. The fourth-order valence-electron chi connectivity index (χ4n) is 4.68. The number of nitrogens with zero attached hydrogens (tertiary/aromatic N) is 5. The third-order valence-electron chi connectivity index (χ3n) is 6.84. The lowest BCUT2D eigenvalue weighted by Crippen LogP contribution is -2.53. The molecule has 0 spiro atoms. The van der Waals surface area contributed by atoms with E-state index in [4.69, 9.17) is 5.41 Å². The Hall–Kier alpha value is -4.86. The number of nitrogens with one attached hydrogen (secondary N) is 2. The highest BCUT2D eigenvalue weighted by Gasteiger charge is 2.27. The molecule has 5 rings (SSSR count). The number of amides is 1. The fraction of sp³-hybridized carbons (Fsp3) is 0.207. The summed E-state index contributed by atoms with van der Waals surface area (Å²) in [5.41, 5.74) is 2.34. The van der Waals surface area contributed by atoms with E-state index < -0.39 is 5.82 Å². The molecule has 0 aliphatic carbocycles. The molecule has 4 aromatic rings. The Morgan fingerprint density at radius 2 is 1.79 bits per heavy atom. The van der Waals surface area contributed by atoms with Crippen LogP contribution < -0.4 is 20.7 Å². The number of hydrogen-bond donors (Lipinski definition) is 2. The van der Waals surface area contributed by atoms with Crippen molar-refractivity contribution in [3.8, 4) is 11.3 Å². The standard InChI is InChI=1S/C29H28FN7O2/c1-19-18-36(22-10-8-20(9-11-22)27(31)34-28(39)21-6-4-3-5-7-21)14-15-37(19)29-33-25(16-26(38)35(29)2)23-12-13-32-17-24(23)30/h3-13,16-17,19H,14-15,18H2,1-2H3,(H2,31,34,39)/t19-/m1/s1. The molecule has 1 aliphatic heterocycles. The molecule has 1 fully saturated rings. The summed E-state index contributed by atoms with van der Waals surface area (Å²) >= 11 is 0. The molecule has 2 N–H and O–H groups in total. The van der Waals surface area contributed by atoms with E-state index in [1.165, 1.54) is 22.9 Å². The van der Waals surface area contributed by atoms with Crippen molar-refractivity contribution in [3.63, 3.8) is 0 Å². The molecule has 2 aromatic carbocycles. The van der Waals surface area contributed by atoms with Crippen LogP contribution in [0.3, 0.4) is 0 Å². The van der Waals surface area contributed by atoms with Gasteiger partial charge in [-0.25, -0.2) is 9.37 Å². The molecule has 39 heavy (non-hydrogen) atoms. The first-order valence-electron chi connectivity index (χ1n) is 12.6. The lowest BCUT2D eigenvalue weighted by atomic mass is 10.1. The summed E-state index contributed by atoms with van der Waals surface area (Å²) in [7, 11) is 1.67. The maximum absolute atomic E-state index is 14.3. The normalized spacial score (nSPS) is 15.2. The molecule has 0 unspecified atom stereocenters. The van der Waals surface area contributed by atoms with Gasteiger partial charge in [-0.1, -0.05) is 18.2 Å². The Kier molecular flexibility index (Phi) is 7.18. The minimum atomic E-state index is -0.529. The van der Waals surface area contributed by atoms with Crippen LogP contribution in [-0.2, 0) is 7.05 Å². The van der Waals surface area contributed by atoms with Gasteiger partial charge < -0.3 is 15.1 Å². The molecule has 1 saturated heterocycles. The highest BCUT2D eigenvalue weighted by Crippen LogP contribution is 2.25. The van der Waals surface area contributed by atoms with Crippen molar-refractivity contribution in [2.45, 2.75) is 13.0 Å². The molecule has 2 aromatic heterocycles. The second-order valence-corrected chi connectivity index (χ2v) is 9.42. The maximum atomic E-state index is 14.3. The van der Waals surface area contributed by atoms with Crippen LogP contribution in [0.4, 0.5) is 16.0 Å². The number of anilines is 2. The van der Waals surface area contributed by atoms with E-state index in [1.54, 1.807) is 31.3 Å². The summed E-state index contributed by atoms with van der Waals surface area (Å²) in [6.45, 7) is 4.01. The third-order valence-corrected chi connectivity index (χ3v) is 6.84. The van der Waals surface area contributed by atoms with Gasteiger partial charge in [0.15, 0.2) is 5.82 Å². The topological polar surface area (TPSA) is 107 Å². The number of aromatic nitrogens is 3. The predicted octanol–water partition coefficient (Wildman–Crippen LogP) is 3.45. The third kappa shape index (κ3) is 5.40. The molecule has 3 heterocycles. The van der Waals surface area contributed by atoms with Crippen LogP contribution >= 0.6 is 0 Å². The van der Waals surface area contributed by atoms with E-state index in [0.29, 0.717) is 36.7 Å². The average molecular weight is 526 g/mol. The second kappa shape index (κ2) is 10.9. The van der Waals surface area contributed by atoms with Crippen molar-refractivity contribution in [1.82, 2.24) is 19.9 Å². The van der Waals surface area contributed by atoms with Crippen molar-refractivity contribution in [2.24, 2.45) is 7.05 Å². The van der Waals surface area contributed by atoms with Gasteiger partial charge in [-0.05, 0) is 49.4 Å². The number of piperazine rings is 1.